The minimum atomic E-state index is -0.771. The molecule has 0 aromatic heterocycles. The van der Waals surface area contributed by atoms with Gasteiger partial charge in [-0.15, -0.1) is 0 Å². The van der Waals surface area contributed by atoms with Gasteiger partial charge in [0.2, 0.25) is 5.91 Å². The van der Waals surface area contributed by atoms with E-state index in [0.717, 1.165) is 0 Å². The summed E-state index contributed by atoms with van der Waals surface area (Å²) in [6.45, 7) is 5.16. The molecule has 1 unspecified atom stereocenters. The van der Waals surface area contributed by atoms with Crippen molar-refractivity contribution < 1.29 is 19.1 Å². The molecule has 0 bridgehead atoms. The lowest BCUT2D eigenvalue weighted by molar-refractivity contribution is -0.144. The zero-order valence-corrected chi connectivity index (χ0v) is 13.3. The Kier molecular flexibility index (Phi) is 6.56. The summed E-state index contributed by atoms with van der Waals surface area (Å²) >= 11 is 0. The van der Waals surface area contributed by atoms with E-state index in [2.05, 4.69) is 15.4 Å². The molecule has 0 spiro atoms. The van der Waals surface area contributed by atoms with Crippen LogP contribution in [0.4, 0.5) is 0 Å². The van der Waals surface area contributed by atoms with Crippen LogP contribution in [0.3, 0.4) is 0 Å². The van der Waals surface area contributed by atoms with Crippen molar-refractivity contribution in [1.29, 1.82) is 0 Å². The number of carbonyl (C=O) groups is 3. The fourth-order valence-electron chi connectivity index (χ4n) is 1.89. The van der Waals surface area contributed by atoms with Gasteiger partial charge in [0, 0.05) is 5.56 Å². The minimum absolute atomic E-state index is 0.127. The second kappa shape index (κ2) is 8.17. The molecule has 0 aliphatic carbocycles. The third-order valence-corrected chi connectivity index (χ3v) is 3.19. The molecule has 6 heteroatoms. The lowest BCUT2D eigenvalue weighted by Gasteiger charge is -2.23. The Labute approximate surface area is 130 Å². The zero-order chi connectivity index (χ0) is 16.7. The van der Waals surface area contributed by atoms with Crippen LogP contribution in [0, 0.1) is 5.92 Å². The third kappa shape index (κ3) is 4.87. The lowest BCUT2D eigenvalue weighted by atomic mass is 10.0. The number of carbonyl (C=O) groups excluding carboxylic acids is 3. The van der Waals surface area contributed by atoms with E-state index in [-0.39, 0.29) is 11.8 Å². The van der Waals surface area contributed by atoms with Crippen LogP contribution in [0.25, 0.3) is 0 Å². The van der Waals surface area contributed by atoms with Crippen molar-refractivity contribution in [2.24, 2.45) is 5.92 Å². The third-order valence-electron chi connectivity index (χ3n) is 3.19. The first-order valence-electron chi connectivity index (χ1n) is 7.11. The summed E-state index contributed by atoms with van der Waals surface area (Å²) in [6, 6.07) is 7.13. The van der Waals surface area contributed by atoms with Gasteiger partial charge < -0.3 is 15.4 Å². The summed E-state index contributed by atoms with van der Waals surface area (Å²) in [6.07, 6.45) is 0. The van der Waals surface area contributed by atoms with Crippen molar-refractivity contribution in [2.75, 3.05) is 7.11 Å². The van der Waals surface area contributed by atoms with E-state index >= 15 is 0 Å². The first-order valence-corrected chi connectivity index (χ1v) is 7.11. The van der Waals surface area contributed by atoms with E-state index in [1.165, 1.54) is 14.0 Å². The first kappa shape index (κ1) is 17.7. The molecule has 0 radical (unpaired) electrons. The molecule has 0 saturated carbocycles. The number of hydrogen-bond acceptors (Lipinski definition) is 4. The maximum Gasteiger partial charge on any atom is 0.328 e. The number of ether oxygens (including phenoxy) is 1. The Hall–Kier alpha value is -2.37. The SMILES string of the molecule is COC(=O)[C@H](C)NC(=O)C(NC(=O)c1ccccc1)C(C)C. The number of nitrogens with one attached hydrogen (secondary N) is 2. The highest BCUT2D eigenvalue weighted by atomic mass is 16.5. The van der Waals surface area contributed by atoms with E-state index in [0.29, 0.717) is 5.56 Å². The smallest absolute Gasteiger partial charge is 0.328 e. The van der Waals surface area contributed by atoms with Crippen molar-refractivity contribution in [3.05, 3.63) is 35.9 Å². The predicted molar refractivity (Wildman–Crippen MR) is 82.2 cm³/mol. The predicted octanol–water partition coefficient (Wildman–Crippen LogP) is 1.12. The van der Waals surface area contributed by atoms with Gasteiger partial charge in [0.05, 0.1) is 7.11 Å². The average molecular weight is 306 g/mol. The second-order valence-corrected chi connectivity index (χ2v) is 5.31. The summed E-state index contributed by atoms with van der Waals surface area (Å²) in [5, 5.41) is 5.23. The van der Waals surface area contributed by atoms with Crippen LogP contribution in [0.15, 0.2) is 30.3 Å². The summed E-state index contributed by atoms with van der Waals surface area (Å²) in [7, 11) is 1.25. The molecule has 0 heterocycles. The van der Waals surface area contributed by atoms with Gasteiger partial charge in [-0.2, -0.15) is 0 Å². The van der Waals surface area contributed by atoms with Crippen molar-refractivity contribution >= 4 is 17.8 Å². The van der Waals surface area contributed by atoms with Crippen LogP contribution >= 0.6 is 0 Å². The van der Waals surface area contributed by atoms with Crippen LogP contribution in [-0.4, -0.2) is 37.0 Å². The van der Waals surface area contributed by atoms with Crippen LogP contribution in [0.1, 0.15) is 31.1 Å². The van der Waals surface area contributed by atoms with Crippen LogP contribution in [-0.2, 0) is 14.3 Å². The molecular formula is C16H22N2O4. The van der Waals surface area contributed by atoms with Crippen molar-refractivity contribution in [1.82, 2.24) is 10.6 Å². The zero-order valence-electron chi connectivity index (χ0n) is 13.3. The van der Waals surface area contributed by atoms with Gasteiger partial charge in [-0.25, -0.2) is 4.79 Å². The fraction of sp³-hybridized carbons (Fsp3) is 0.438. The standard InChI is InChI=1S/C16H22N2O4/c1-10(2)13(15(20)17-11(3)16(21)22-4)18-14(19)12-8-6-5-7-9-12/h5-11,13H,1-4H3,(H,17,20)(H,18,19)/t11-,13?/m0/s1. The minimum Gasteiger partial charge on any atom is -0.467 e. The Morgan fingerprint density at radius 3 is 2.09 bits per heavy atom. The van der Waals surface area contributed by atoms with Gasteiger partial charge in [-0.3, -0.25) is 9.59 Å². The molecule has 1 aromatic rings. The second-order valence-electron chi connectivity index (χ2n) is 5.31. The number of rotatable bonds is 6. The number of hydrogen-bond donors (Lipinski definition) is 2. The normalized spacial score (nSPS) is 13.1. The van der Waals surface area contributed by atoms with Crippen LogP contribution in [0.5, 0.6) is 0 Å². The van der Waals surface area contributed by atoms with Gasteiger partial charge in [-0.1, -0.05) is 32.0 Å². The number of esters is 1. The van der Waals surface area contributed by atoms with Crippen LogP contribution < -0.4 is 10.6 Å². The van der Waals surface area contributed by atoms with Gasteiger partial charge >= 0.3 is 5.97 Å². The number of methoxy groups -OCH3 is 1. The Morgan fingerprint density at radius 2 is 1.59 bits per heavy atom. The molecule has 1 rings (SSSR count). The van der Waals surface area contributed by atoms with Crippen LogP contribution in [0.2, 0.25) is 0 Å². The van der Waals surface area contributed by atoms with E-state index in [1.807, 2.05) is 19.9 Å². The Bertz CT molecular complexity index is 528. The summed E-state index contributed by atoms with van der Waals surface area (Å²) in [5.74, 6) is -1.42. The van der Waals surface area contributed by atoms with E-state index in [9.17, 15) is 14.4 Å². The van der Waals surface area contributed by atoms with E-state index in [1.54, 1.807) is 24.3 Å². The molecule has 2 N–H and O–H groups in total. The molecule has 1 aromatic carbocycles. The molecule has 0 fully saturated rings. The van der Waals surface area contributed by atoms with Gasteiger partial charge in [0.1, 0.15) is 12.1 Å². The highest BCUT2D eigenvalue weighted by molar-refractivity contribution is 5.98. The summed E-state index contributed by atoms with van der Waals surface area (Å²) in [4.78, 5) is 35.8. The molecule has 0 aliphatic heterocycles. The largest absolute Gasteiger partial charge is 0.467 e. The van der Waals surface area contributed by atoms with Crippen molar-refractivity contribution in [3.63, 3.8) is 0 Å². The highest BCUT2D eigenvalue weighted by Crippen LogP contribution is 2.06. The van der Waals surface area contributed by atoms with E-state index < -0.39 is 24.0 Å². The lowest BCUT2D eigenvalue weighted by Crippen LogP contribution is -2.53. The fourth-order valence-corrected chi connectivity index (χ4v) is 1.89. The average Bonchev–Trinajstić information content (AvgIpc) is 2.51. The number of benzene rings is 1. The van der Waals surface area contributed by atoms with E-state index in [4.69, 9.17) is 0 Å². The molecular weight excluding hydrogens is 284 g/mol. The van der Waals surface area contributed by atoms with Gasteiger partial charge in [-0.05, 0) is 25.0 Å². The van der Waals surface area contributed by atoms with Crippen molar-refractivity contribution in [3.8, 4) is 0 Å². The molecule has 2 atom stereocenters. The number of amides is 2. The quantitative estimate of drug-likeness (QED) is 0.771. The molecule has 6 nitrogen and oxygen atoms in total. The molecule has 120 valence electrons. The van der Waals surface area contributed by atoms with Crippen molar-refractivity contribution in [2.45, 2.75) is 32.9 Å². The topological polar surface area (TPSA) is 84.5 Å². The first-order chi connectivity index (χ1) is 10.4. The molecule has 0 aliphatic rings. The molecule has 0 saturated heterocycles. The molecule has 2 amide bonds. The monoisotopic (exact) mass is 306 g/mol. The molecule has 22 heavy (non-hydrogen) atoms. The van der Waals surface area contributed by atoms with Gasteiger partial charge in [0.25, 0.3) is 5.91 Å². The maximum absolute atomic E-state index is 12.2. The highest BCUT2D eigenvalue weighted by Gasteiger charge is 2.27. The summed E-state index contributed by atoms with van der Waals surface area (Å²) < 4.78 is 4.56. The summed E-state index contributed by atoms with van der Waals surface area (Å²) in [5.41, 5.74) is 0.474. The maximum atomic E-state index is 12.2. The Morgan fingerprint density at radius 1 is 1.00 bits per heavy atom. The van der Waals surface area contributed by atoms with Gasteiger partial charge in [0.15, 0.2) is 0 Å². The Balaban J connectivity index is 2.75.